The highest BCUT2D eigenvalue weighted by Gasteiger charge is 2.07. The molecule has 0 fully saturated rings. The Morgan fingerprint density at radius 1 is 1.36 bits per heavy atom. The first-order valence-corrected chi connectivity index (χ1v) is 5.72. The molecule has 0 atom stereocenters. The second-order valence-electron chi connectivity index (χ2n) is 2.88. The number of halogens is 2. The number of hydrogen-bond acceptors (Lipinski definition) is 3. The predicted octanol–water partition coefficient (Wildman–Crippen LogP) is 3.10. The fraction of sp³-hybridized carbons (Fsp3) is 0.222. The molecule has 5 heteroatoms. The first kappa shape index (κ1) is 10.2. The highest BCUT2D eigenvalue weighted by Crippen LogP contribution is 2.32. The van der Waals surface area contributed by atoms with E-state index in [4.69, 9.17) is 28.9 Å². The number of nitrogens with two attached hydrogens (primary N) is 1. The molecule has 0 amide bonds. The van der Waals surface area contributed by atoms with Crippen LogP contribution in [0.2, 0.25) is 10.0 Å². The second-order valence-corrected chi connectivity index (χ2v) is 4.81. The Labute approximate surface area is 95.6 Å². The van der Waals surface area contributed by atoms with Crippen LogP contribution in [0.4, 0.5) is 0 Å². The van der Waals surface area contributed by atoms with Gasteiger partial charge in [-0.05, 0) is 18.7 Å². The minimum atomic E-state index is 0.602. The topological polar surface area (TPSA) is 38.9 Å². The van der Waals surface area contributed by atoms with E-state index in [-0.39, 0.29) is 0 Å². The maximum atomic E-state index is 6.03. The second kappa shape index (κ2) is 4.03. The van der Waals surface area contributed by atoms with Crippen molar-refractivity contribution in [3.63, 3.8) is 0 Å². The molecule has 2 rings (SSSR count). The molecule has 1 heterocycles. The number of rotatable bonds is 2. The molecule has 0 aliphatic heterocycles. The zero-order chi connectivity index (χ0) is 10.1. The van der Waals surface area contributed by atoms with E-state index in [2.05, 4.69) is 4.98 Å². The van der Waals surface area contributed by atoms with Crippen LogP contribution in [0.1, 0.15) is 5.01 Å². The number of benzene rings is 1. The summed E-state index contributed by atoms with van der Waals surface area (Å²) in [6.45, 7) is 0.602. The molecule has 0 spiro atoms. The normalized spacial score (nSPS) is 11.1. The third-order valence-corrected chi connectivity index (χ3v) is 3.60. The smallest absolute Gasteiger partial charge is 0.0951 e. The Balaban J connectivity index is 2.58. The summed E-state index contributed by atoms with van der Waals surface area (Å²) >= 11 is 13.5. The van der Waals surface area contributed by atoms with Crippen molar-refractivity contribution in [3.05, 3.63) is 27.2 Å². The fourth-order valence-electron chi connectivity index (χ4n) is 1.24. The predicted molar refractivity (Wildman–Crippen MR) is 62.4 cm³/mol. The molecule has 0 saturated carbocycles. The van der Waals surface area contributed by atoms with Gasteiger partial charge in [0.05, 0.1) is 20.2 Å². The quantitative estimate of drug-likeness (QED) is 0.885. The van der Waals surface area contributed by atoms with Crippen LogP contribution < -0.4 is 5.73 Å². The van der Waals surface area contributed by atoms with Gasteiger partial charge in [0.2, 0.25) is 0 Å². The number of hydrogen-bond donors (Lipinski definition) is 1. The number of aromatic nitrogens is 1. The SMILES string of the molecule is NCCc1nc2cc(Cl)cc(Cl)c2s1. The zero-order valence-electron chi connectivity index (χ0n) is 7.26. The van der Waals surface area contributed by atoms with Gasteiger partial charge in [-0.15, -0.1) is 11.3 Å². The molecular weight excluding hydrogens is 239 g/mol. The van der Waals surface area contributed by atoms with Crippen molar-refractivity contribution in [2.24, 2.45) is 5.73 Å². The zero-order valence-corrected chi connectivity index (χ0v) is 9.59. The molecule has 2 aromatic rings. The largest absolute Gasteiger partial charge is 0.330 e. The molecule has 0 unspecified atom stereocenters. The van der Waals surface area contributed by atoms with Gasteiger partial charge in [-0.25, -0.2) is 4.98 Å². The molecule has 0 aliphatic carbocycles. The van der Waals surface area contributed by atoms with Crippen LogP contribution in [-0.4, -0.2) is 11.5 Å². The lowest BCUT2D eigenvalue weighted by Crippen LogP contribution is -2.01. The van der Waals surface area contributed by atoms with Crippen molar-refractivity contribution >= 4 is 44.8 Å². The van der Waals surface area contributed by atoms with E-state index in [1.807, 2.05) is 6.07 Å². The Morgan fingerprint density at radius 3 is 2.86 bits per heavy atom. The van der Waals surface area contributed by atoms with Crippen LogP contribution in [-0.2, 0) is 6.42 Å². The van der Waals surface area contributed by atoms with E-state index in [1.54, 1.807) is 17.4 Å². The van der Waals surface area contributed by atoms with Gasteiger partial charge in [-0.1, -0.05) is 23.2 Å². The lowest BCUT2D eigenvalue weighted by molar-refractivity contribution is 0.958. The Hall–Kier alpha value is -0.350. The monoisotopic (exact) mass is 246 g/mol. The van der Waals surface area contributed by atoms with E-state index in [9.17, 15) is 0 Å². The van der Waals surface area contributed by atoms with Crippen LogP contribution >= 0.6 is 34.5 Å². The van der Waals surface area contributed by atoms with E-state index in [0.717, 1.165) is 21.6 Å². The molecule has 1 aromatic heterocycles. The first-order valence-electron chi connectivity index (χ1n) is 4.15. The third-order valence-electron chi connectivity index (χ3n) is 1.81. The van der Waals surface area contributed by atoms with E-state index >= 15 is 0 Å². The molecule has 0 radical (unpaired) electrons. The number of nitrogens with zero attached hydrogens (tertiary/aromatic N) is 1. The average molecular weight is 247 g/mol. The highest BCUT2D eigenvalue weighted by atomic mass is 35.5. The van der Waals surface area contributed by atoms with E-state index in [0.29, 0.717) is 16.6 Å². The van der Waals surface area contributed by atoms with Crippen LogP contribution in [0.5, 0.6) is 0 Å². The Bertz CT molecular complexity index is 467. The van der Waals surface area contributed by atoms with Gasteiger partial charge < -0.3 is 5.73 Å². The van der Waals surface area contributed by atoms with Crippen LogP contribution in [0.3, 0.4) is 0 Å². The van der Waals surface area contributed by atoms with Crippen molar-refractivity contribution in [3.8, 4) is 0 Å². The Morgan fingerprint density at radius 2 is 2.14 bits per heavy atom. The summed E-state index contributed by atoms with van der Waals surface area (Å²) < 4.78 is 0.986. The summed E-state index contributed by atoms with van der Waals surface area (Å²) in [6.07, 6.45) is 0.785. The molecule has 2 N–H and O–H groups in total. The van der Waals surface area contributed by atoms with Gasteiger partial charge in [-0.3, -0.25) is 0 Å². The molecule has 14 heavy (non-hydrogen) atoms. The summed E-state index contributed by atoms with van der Waals surface area (Å²) in [7, 11) is 0. The van der Waals surface area contributed by atoms with Gasteiger partial charge in [0.25, 0.3) is 0 Å². The van der Waals surface area contributed by atoms with Crippen LogP contribution in [0, 0.1) is 0 Å². The van der Waals surface area contributed by atoms with Gasteiger partial charge in [-0.2, -0.15) is 0 Å². The first-order chi connectivity index (χ1) is 6.70. The molecule has 2 nitrogen and oxygen atoms in total. The Kier molecular flexibility index (Phi) is 2.93. The summed E-state index contributed by atoms with van der Waals surface area (Å²) in [6, 6.07) is 3.55. The van der Waals surface area contributed by atoms with Crippen LogP contribution in [0.15, 0.2) is 12.1 Å². The fourth-order valence-corrected chi connectivity index (χ4v) is 2.80. The van der Waals surface area contributed by atoms with Crippen molar-refractivity contribution < 1.29 is 0 Å². The van der Waals surface area contributed by atoms with Crippen molar-refractivity contribution in [2.75, 3.05) is 6.54 Å². The summed E-state index contributed by atoms with van der Waals surface area (Å²) in [5, 5.41) is 2.28. The average Bonchev–Trinajstić information content (AvgIpc) is 2.48. The minimum absolute atomic E-state index is 0.602. The van der Waals surface area contributed by atoms with E-state index in [1.165, 1.54) is 0 Å². The summed E-state index contributed by atoms with van der Waals surface area (Å²) in [5.74, 6) is 0. The number of thiazole rings is 1. The maximum absolute atomic E-state index is 6.03. The minimum Gasteiger partial charge on any atom is -0.330 e. The maximum Gasteiger partial charge on any atom is 0.0951 e. The van der Waals surface area contributed by atoms with Gasteiger partial charge in [0, 0.05) is 11.4 Å². The number of fused-ring (bicyclic) bond motifs is 1. The summed E-state index contributed by atoms with van der Waals surface area (Å²) in [5.41, 5.74) is 6.32. The molecule has 74 valence electrons. The molecule has 0 aliphatic rings. The molecule has 1 aromatic carbocycles. The lowest BCUT2D eigenvalue weighted by atomic mass is 10.3. The van der Waals surface area contributed by atoms with Crippen molar-refractivity contribution in [2.45, 2.75) is 6.42 Å². The lowest BCUT2D eigenvalue weighted by Gasteiger charge is -1.92. The molecular formula is C9H8Cl2N2S. The van der Waals surface area contributed by atoms with Gasteiger partial charge in [0.15, 0.2) is 0 Å². The van der Waals surface area contributed by atoms with Gasteiger partial charge in [0.1, 0.15) is 0 Å². The van der Waals surface area contributed by atoms with Gasteiger partial charge >= 0.3 is 0 Å². The molecule has 0 saturated heterocycles. The third kappa shape index (κ3) is 1.86. The van der Waals surface area contributed by atoms with Crippen molar-refractivity contribution in [1.82, 2.24) is 4.98 Å². The molecule has 0 bridgehead atoms. The summed E-state index contributed by atoms with van der Waals surface area (Å²) in [4.78, 5) is 4.39. The standard InChI is InChI=1S/C9H8Cl2N2S/c10-5-3-6(11)9-7(4-5)13-8(14-9)1-2-12/h3-4H,1-2,12H2. The van der Waals surface area contributed by atoms with Crippen LogP contribution in [0.25, 0.3) is 10.2 Å². The van der Waals surface area contributed by atoms with E-state index < -0.39 is 0 Å². The van der Waals surface area contributed by atoms with Crippen molar-refractivity contribution in [1.29, 1.82) is 0 Å². The highest BCUT2D eigenvalue weighted by molar-refractivity contribution is 7.19.